The zero-order chi connectivity index (χ0) is 13.0. The van der Waals surface area contributed by atoms with E-state index in [1.807, 2.05) is 6.92 Å². The van der Waals surface area contributed by atoms with Gasteiger partial charge in [0.15, 0.2) is 0 Å². The fraction of sp³-hybridized carbons (Fsp3) is 0.400. The number of likely N-dealkylation sites (N-methyl/N-ethyl adjacent to an activating group) is 1. The predicted octanol–water partition coefficient (Wildman–Crippen LogP) is 3.65. The lowest BCUT2D eigenvalue weighted by Gasteiger charge is -2.17. The second-order valence-corrected chi connectivity index (χ2v) is 5.55. The van der Waals surface area contributed by atoms with Gasteiger partial charge >= 0.3 is 0 Å². The van der Waals surface area contributed by atoms with Crippen LogP contribution in [0.1, 0.15) is 34.8 Å². The number of hydrogen-bond donors (Lipinski definition) is 1. The Morgan fingerprint density at radius 1 is 1.22 bits per heavy atom. The van der Waals surface area contributed by atoms with E-state index >= 15 is 0 Å². The molecule has 0 radical (unpaired) electrons. The van der Waals surface area contributed by atoms with Crippen molar-refractivity contribution in [1.29, 1.82) is 0 Å². The van der Waals surface area contributed by atoms with Crippen LogP contribution in [-0.2, 0) is 6.42 Å². The van der Waals surface area contributed by atoms with Crippen LogP contribution < -0.4 is 5.32 Å². The van der Waals surface area contributed by atoms with Crippen molar-refractivity contribution < 1.29 is 0 Å². The van der Waals surface area contributed by atoms with Gasteiger partial charge < -0.3 is 5.32 Å². The van der Waals surface area contributed by atoms with Crippen molar-refractivity contribution in [3.63, 3.8) is 0 Å². The van der Waals surface area contributed by atoms with Crippen molar-refractivity contribution in [2.75, 3.05) is 6.54 Å². The number of benzene rings is 1. The molecule has 0 aliphatic carbocycles. The van der Waals surface area contributed by atoms with Gasteiger partial charge in [-0.1, -0.05) is 36.8 Å². The second-order valence-electron chi connectivity index (χ2n) is 4.61. The van der Waals surface area contributed by atoms with Crippen LogP contribution >= 0.6 is 11.3 Å². The lowest BCUT2D eigenvalue weighted by molar-refractivity contribution is 0.548. The molecule has 2 nitrogen and oxygen atoms in total. The first kappa shape index (κ1) is 13.2. The zero-order valence-corrected chi connectivity index (χ0v) is 12.1. The summed E-state index contributed by atoms with van der Waals surface area (Å²) in [4.78, 5) is 4.55. The van der Waals surface area contributed by atoms with E-state index in [2.05, 4.69) is 53.8 Å². The van der Waals surface area contributed by atoms with Crippen LogP contribution in [0.3, 0.4) is 0 Å². The topological polar surface area (TPSA) is 24.9 Å². The van der Waals surface area contributed by atoms with E-state index in [9.17, 15) is 0 Å². The molecule has 0 aliphatic heterocycles. The summed E-state index contributed by atoms with van der Waals surface area (Å²) in [6, 6.07) is 9.13. The number of nitrogens with one attached hydrogen (secondary N) is 1. The molecule has 3 heteroatoms. The minimum Gasteiger partial charge on any atom is -0.310 e. The van der Waals surface area contributed by atoms with Crippen LogP contribution in [0.5, 0.6) is 0 Å². The highest BCUT2D eigenvalue weighted by molar-refractivity contribution is 7.09. The Labute approximate surface area is 113 Å². The summed E-state index contributed by atoms with van der Waals surface area (Å²) in [6.07, 6.45) is 0.968. The van der Waals surface area contributed by atoms with Crippen molar-refractivity contribution in [3.05, 3.63) is 51.5 Å². The minimum atomic E-state index is 0.362. The molecule has 0 aliphatic rings. The van der Waals surface area contributed by atoms with Crippen LogP contribution in [0.2, 0.25) is 0 Å². The van der Waals surface area contributed by atoms with Crippen molar-refractivity contribution >= 4 is 11.3 Å². The molecule has 0 fully saturated rings. The number of hydrogen-bond acceptors (Lipinski definition) is 3. The molecule has 18 heavy (non-hydrogen) atoms. The molecule has 0 saturated carbocycles. The molecule has 0 saturated heterocycles. The molecule has 0 bridgehead atoms. The highest BCUT2D eigenvalue weighted by atomic mass is 32.1. The largest absolute Gasteiger partial charge is 0.310 e. The van der Waals surface area contributed by atoms with Gasteiger partial charge in [0.1, 0.15) is 0 Å². The highest BCUT2D eigenvalue weighted by Gasteiger charge is 2.12. The van der Waals surface area contributed by atoms with Gasteiger partial charge in [-0.15, -0.1) is 11.3 Å². The summed E-state index contributed by atoms with van der Waals surface area (Å²) in [5.41, 5.74) is 3.77. The number of aromatic nitrogens is 1. The minimum absolute atomic E-state index is 0.362. The van der Waals surface area contributed by atoms with Crippen LogP contribution in [0.4, 0.5) is 0 Å². The third-order valence-electron chi connectivity index (χ3n) is 2.98. The average Bonchev–Trinajstić information content (AvgIpc) is 2.75. The van der Waals surface area contributed by atoms with Crippen molar-refractivity contribution in [1.82, 2.24) is 10.3 Å². The summed E-state index contributed by atoms with van der Waals surface area (Å²) in [5.74, 6) is 0. The molecule has 1 unspecified atom stereocenters. The van der Waals surface area contributed by atoms with Gasteiger partial charge in [0.25, 0.3) is 0 Å². The van der Waals surface area contributed by atoms with Crippen LogP contribution in [0.25, 0.3) is 0 Å². The number of thiazole rings is 1. The number of nitrogens with zero attached hydrogens (tertiary/aromatic N) is 1. The lowest BCUT2D eigenvalue weighted by Crippen LogP contribution is -2.22. The van der Waals surface area contributed by atoms with E-state index in [-0.39, 0.29) is 0 Å². The third-order valence-corrected chi connectivity index (χ3v) is 3.96. The Morgan fingerprint density at radius 2 is 1.94 bits per heavy atom. The maximum Gasteiger partial charge on any atom is 0.0947 e. The summed E-state index contributed by atoms with van der Waals surface area (Å²) < 4.78 is 0. The monoisotopic (exact) mass is 260 g/mol. The predicted molar refractivity (Wildman–Crippen MR) is 78.2 cm³/mol. The Bertz CT molecular complexity index is 487. The van der Waals surface area contributed by atoms with Crippen LogP contribution in [0.15, 0.2) is 29.6 Å². The normalized spacial score (nSPS) is 12.6. The maximum atomic E-state index is 4.55. The van der Waals surface area contributed by atoms with E-state index < -0.39 is 0 Å². The fourth-order valence-corrected chi connectivity index (χ4v) is 2.84. The maximum absolute atomic E-state index is 4.55. The summed E-state index contributed by atoms with van der Waals surface area (Å²) in [6.45, 7) is 7.29. The van der Waals surface area contributed by atoms with E-state index in [1.54, 1.807) is 11.3 Å². The smallest absolute Gasteiger partial charge is 0.0947 e. The molecule has 2 rings (SSSR count). The first-order valence-corrected chi connectivity index (χ1v) is 7.28. The molecule has 0 spiro atoms. The first-order valence-electron chi connectivity index (χ1n) is 6.40. The van der Waals surface area contributed by atoms with Crippen LogP contribution in [-0.4, -0.2) is 11.5 Å². The highest BCUT2D eigenvalue weighted by Crippen LogP contribution is 2.21. The zero-order valence-electron chi connectivity index (χ0n) is 11.2. The fourth-order valence-electron chi connectivity index (χ4n) is 2.02. The second kappa shape index (κ2) is 6.12. The summed E-state index contributed by atoms with van der Waals surface area (Å²) >= 11 is 1.75. The van der Waals surface area contributed by atoms with E-state index in [4.69, 9.17) is 0 Å². The molecular weight excluding hydrogens is 240 g/mol. The number of aryl methyl sites for hydroxylation is 2. The van der Waals surface area contributed by atoms with E-state index in [1.165, 1.54) is 16.1 Å². The van der Waals surface area contributed by atoms with Gasteiger partial charge in [-0.05, 0) is 26.0 Å². The van der Waals surface area contributed by atoms with Gasteiger partial charge in [0, 0.05) is 23.5 Å². The molecule has 1 atom stereocenters. The Hall–Kier alpha value is -1.19. The summed E-state index contributed by atoms with van der Waals surface area (Å²) in [5, 5.41) is 6.87. The molecule has 2 aromatic rings. The number of rotatable bonds is 5. The average molecular weight is 260 g/mol. The van der Waals surface area contributed by atoms with Crippen LogP contribution in [0, 0.1) is 13.8 Å². The van der Waals surface area contributed by atoms with E-state index in [0.717, 1.165) is 18.7 Å². The standard InChI is InChI=1S/C15H20N2S/c1-4-16-14(9-15-17-12(3)10-18-15)13-7-5-11(2)6-8-13/h5-8,10,14,16H,4,9H2,1-3H3. The van der Waals surface area contributed by atoms with Gasteiger partial charge in [-0.25, -0.2) is 4.98 Å². The van der Waals surface area contributed by atoms with Crippen molar-refractivity contribution in [3.8, 4) is 0 Å². The molecule has 1 N–H and O–H groups in total. The molecule has 1 heterocycles. The molecule has 1 aromatic carbocycles. The van der Waals surface area contributed by atoms with Gasteiger partial charge in [0.2, 0.25) is 0 Å². The molecule has 0 amide bonds. The quantitative estimate of drug-likeness (QED) is 0.887. The van der Waals surface area contributed by atoms with Crippen molar-refractivity contribution in [2.45, 2.75) is 33.2 Å². The molecule has 96 valence electrons. The van der Waals surface area contributed by atoms with Gasteiger partial charge in [-0.3, -0.25) is 0 Å². The SMILES string of the molecule is CCNC(Cc1nc(C)cs1)c1ccc(C)cc1. The van der Waals surface area contributed by atoms with Gasteiger partial charge in [-0.2, -0.15) is 0 Å². The lowest BCUT2D eigenvalue weighted by atomic mass is 10.0. The van der Waals surface area contributed by atoms with Gasteiger partial charge in [0.05, 0.1) is 5.01 Å². The van der Waals surface area contributed by atoms with E-state index in [0.29, 0.717) is 6.04 Å². The Morgan fingerprint density at radius 3 is 2.50 bits per heavy atom. The molecular formula is C15H20N2S. The van der Waals surface area contributed by atoms with Crippen molar-refractivity contribution in [2.24, 2.45) is 0 Å². The molecule has 1 aromatic heterocycles. The Balaban J connectivity index is 2.14. The Kier molecular flexibility index (Phi) is 4.50. The summed E-state index contributed by atoms with van der Waals surface area (Å²) in [7, 11) is 0. The third kappa shape index (κ3) is 3.40. The first-order chi connectivity index (χ1) is 8.69.